The number of likely N-dealkylation sites (N-methyl/N-ethyl adjacent to an activating group) is 1. The van der Waals surface area contributed by atoms with Crippen molar-refractivity contribution >= 4 is 11.6 Å². The lowest BCUT2D eigenvalue weighted by atomic mass is 10.1. The molecule has 0 saturated carbocycles. The van der Waals surface area contributed by atoms with Gasteiger partial charge in [0, 0.05) is 19.2 Å². The largest absolute Gasteiger partial charge is 0.354 e. The van der Waals surface area contributed by atoms with Gasteiger partial charge >= 0.3 is 0 Å². The third-order valence-corrected chi connectivity index (χ3v) is 2.80. The molecule has 1 aromatic rings. The van der Waals surface area contributed by atoms with Crippen LogP contribution >= 0.6 is 11.6 Å². The first-order valence-electron chi connectivity index (χ1n) is 5.38. The van der Waals surface area contributed by atoms with Gasteiger partial charge in [0.2, 0.25) is 0 Å². The van der Waals surface area contributed by atoms with Crippen molar-refractivity contribution < 1.29 is 13.9 Å². The maximum Gasteiger partial charge on any atom is 0.176 e. The second-order valence-corrected chi connectivity index (χ2v) is 3.95. The number of methoxy groups -OCH3 is 2. The topological polar surface area (TPSA) is 30.5 Å². The van der Waals surface area contributed by atoms with Crippen LogP contribution in [0.4, 0.5) is 4.39 Å². The summed E-state index contributed by atoms with van der Waals surface area (Å²) < 4.78 is 23.6. The highest BCUT2D eigenvalue weighted by Gasteiger charge is 2.24. The highest BCUT2D eigenvalue weighted by atomic mass is 35.5. The molecule has 0 heterocycles. The summed E-state index contributed by atoms with van der Waals surface area (Å²) in [6, 6.07) is 3.93. The Labute approximate surface area is 106 Å². The van der Waals surface area contributed by atoms with E-state index in [4.69, 9.17) is 21.1 Å². The van der Waals surface area contributed by atoms with Gasteiger partial charge in [-0.3, -0.25) is 0 Å². The molecule has 0 radical (unpaired) electrons. The fourth-order valence-electron chi connectivity index (χ4n) is 1.69. The van der Waals surface area contributed by atoms with Gasteiger partial charge in [-0.1, -0.05) is 18.5 Å². The second kappa shape index (κ2) is 6.91. The molecule has 0 spiro atoms. The van der Waals surface area contributed by atoms with E-state index in [1.807, 2.05) is 6.92 Å². The molecule has 0 fully saturated rings. The fourth-order valence-corrected chi connectivity index (χ4v) is 1.93. The number of rotatable bonds is 6. The summed E-state index contributed by atoms with van der Waals surface area (Å²) in [6.45, 7) is 2.64. The maximum atomic E-state index is 13.3. The molecule has 0 aromatic heterocycles. The molecule has 3 nitrogen and oxygen atoms in total. The smallest absolute Gasteiger partial charge is 0.176 e. The van der Waals surface area contributed by atoms with Crippen LogP contribution in [0.5, 0.6) is 0 Å². The summed E-state index contributed by atoms with van der Waals surface area (Å²) in [5, 5.41) is 3.65. The van der Waals surface area contributed by atoms with Crippen LogP contribution in [-0.2, 0) is 9.47 Å². The van der Waals surface area contributed by atoms with Gasteiger partial charge < -0.3 is 14.8 Å². The van der Waals surface area contributed by atoms with Gasteiger partial charge in [0.15, 0.2) is 6.29 Å². The SMILES string of the molecule is CCNC(c1cc(F)ccc1Cl)C(OC)OC. The molecule has 96 valence electrons. The summed E-state index contributed by atoms with van der Waals surface area (Å²) in [5.41, 5.74) is 0.627. The molecule has 1 unspecified atom stereocenters. The Morgan fingerprint density at radius 3 is 2.53 bits per heavy atom. The van der Waals surface area contributed by atoms with E-state index < -0.39 is 6.29 Å². The molecular formula is C12H17ClFNO2. The highest BCUT2D eigenvalue weighted by molar-refractivity contribution is 6.31. The van der Waals surface area contributed by atoms with E-state index in [1.54, 1.807) is 0 Å². The van der Waals surface area contributed by atoms with Crippen LogP contribution in [-0.4, -0.2) is 27.1 Å². The van der Waals surface area contributed by atoms with Crippen molar-refractivity contribution in [3.05, 3.63) is 34.6 Å². The second-order valence-electron chi connectivity index (χ2n) is 3.54. The number of halogens is 2. The molecular weight excluding hydrogens is 245 g/mol. The molecule has 1 atom stereocenters. The third kappa shape index (κ3) is 3.64. The molecule has 1 aromatic carbocycles. The number of nitrogens with one attached hydrogen (secondary N) is 1. The van der Waals surface area contributed by atoms with Crippen molar-refractivity contribution in [2.75, 3.05) is 20.8 Å². The molecule has 5 heteroatoms. The summed E-state index contributed by atoms with van der Waals surface area (Å²) in [5.74, 6) is -0.335. The van der Waals surface area contributed by atoms with Gasteiger partial charge in [-0.15, -0.1) is 0 Å². The van der Waals surface area contributed by atoms with Gasteiger partial charge in [-0.05, 0) is 30.3 Å². The highest BCUT2D eigenvalue weighted by Crippen LogP contribution is 2.27. The van der Waals surface area contributed by atoms with Crippen LogP contribution in [0.15, 0.2) is 18.2 Å². The van der Waals surface area contributed by atoms with Crippen molar-refractivity contribution in [3.8, 4) is 0 Å². The zero-order valence-corrected chi connectivity index (χ0v) is 10.9. The van der Waals surface area contributed by atoms with Crippen LogP contribution in [0.25, 0.3) is 0 Å². The average molecular weight is 262 g/mol. The van der Waals surface area contributed by atoms with Crippen molar-refractivity contribution in [1.82, 2.24) is 5.32 Å². The zero-order valence-electron chi connectivity index (χ0n) is 10.2. The molecule has 0 aliphatic carbocycles. The third-order valence-electron chi connectivity index (χ3n) is 2.45. The van der Waals surface area contributed by atoms with E-state index in [0.717, 1.165) is 0 Å². The summed E-state index contributed by atoms with van der Waals surface area (Å²) >= 11 is 6.07. The van der Waals surface area contributed by atoms with E-state index in [-0.39, 0.29) is 11.9 Å². The first-order valence-corrected chi connectivity index (χ1v) is 5.75. The Kier molecular flexibility index (Phi) is 5.85. The maximum absolute atomic E-state index is 13.3. The van der Waals surface area contributed by atoms with E-state index in [2.05, 4.69) is 5.32 Å². The summed E-state index contributed by atoms with van der Waals surface area (Å²) in [4.78, 5) is 0. The predicted molar refractivity (Wildman–Crippen MR) is 65.6 cm³/mol. The van der Waals surface area contributed by atoms with Crippen molar-refractivity contribution in [2.45, 2.75) is 19.3 Å². The van der Waals surface area contributed by atoms with Gasteiger partial charge in [-0.25, -0.2) is 4.39 Å². The first kappa shape index (κ1) is 14.4. The molecule has 0 saturated heterocycles. The molecule has 0 bridgehead atoms. The van der Waals surface area contributed by atoms with Crippen molar-refractivity contribution in [3.63, 3.8) is 0 Å². The van der Waals surface area contributed by atoms with Crippen LogP contribution in [0.3, 0.4) is 0 Å². The van der Waals surface area contributed by atoms with Crippen molar-refractivity contribution in [1.29, 1.82) is 0 Å². The molecule has 0 amide bonds. The minimum atomic E-state index is -0.519. The Morgan fingerprint density at radius 1 is 1.35 bits per heavy atom. The number of benzene rings is 1. The number of ether oxygens (including phenoxy) is 2. The Hall–Kier alpha value is -0.680. The molecule has 0 aliphatic heterocycles. The van der Waals surface area contributed by atoms with Crippen LogP contribution in [0.1, 0.15) is 18.5 Å². The van der Waals surface area contributed by atoms with Gasteiger partial charge in [0.05, 0.1) is 6.04 Å². The van der Waals surface area contributed by atoms with Gasteiger partial charge in [0.25, 0.3) is 0 Å². The van der Waals surface area contributed by atoms with Crippen LogP contribution < -0.4 is 5.32 Å². The molecule has 17 heavy (non-hydrogen) atoms. The zero-order chi connectivity index (χ0) is 12.8. The number of hydrogen-bond donors (Lipinski definition) is 1. The van der Waals surface area contributed by atoms with Crippen molar-refractivity contribution in [2.24, 2.45) is 0 Å². The summed E-state index contributed by atoms with van der Waals surface area (Å²) in [6.07, 6.45) is -0.519. The minimum absolute atomic E-state index is 0.307. The lowest BCUT2D eigenvalue weighted by molar-refractivity contribution is -0.123. The van der Waals surface area contributed by atoms with E-state index in [0.29, 0.717) is 17.1 Å². The monoisotopic (exact) mass is 261 g/mol. The van der Waals surface area contributed by atoms with Crippen LogP contribution in [0, 0.1) is 5.82 Å². The van der Waals surface area contributed by atoms with Crippen LogP contribution in [0.2, 0.25) is 5.02 Å². The minimum Gasteiger partial charge on any atom is -0.354 e. The molecule has 1 rings (SSSR count). The van der Waals surface area contributed by atoms with E-state index in [1.165, 1.54) is 32.4 Å². The predicted octanol–water partition coefficient (Wildman–Crippen LogP) is 2.75. The van der Waals surface area contributed by atoms with Gasteiger partial charge in [-0.2, -0.15) is 0 Å². The molecule has 0 aliphatic rings. The molecule has 1 N–H and O–H groups in total. The van der Waals surface area contributed by atoms with Gasteiger partial charge in [0.1, 0.15) is 5.82 Å². The van der Waals surface area contributed by atoms with E-state index >= 15 is 0 Å². The quantitative estimate of drug-likeness (QED) is 0.799. The lowest BCUT2D eigenvalue weighted by Crippen LogP contribution is -2.34. The fraction of sp³-hybridized carbons (Fsp3) is 0.500. The average Bonchev–Trinajstić information content (AvgIpc) is 2.33. The Morgan fingerprint density at radius 2 is 2.00 bits per heavy atom. The lowest BCUT2D eigenvalue weighted by Gasteiger charge is -2.26. The normalized spacial score (nSPS) is 13.1. The number of hydrogen-bond acceptors (Lipinski definition) is 3. The Balaban J connectivity index is 3.07. The summed E-state index contributed by atoms with van der Waals surface area (Å²) in [7, 11) is 3.07. The first-order chi connectivity index (χ1) is 8.13. The van der Waals surface area contributed by atoms with E-state index in [9.17, 15) is 4.39 Å². The Bertz CT molecular complexity index is 358. The standard InChI is InChI=1S/C12H17ClFNO2/c1-4-15-11(12(16-2)17-3)9-7-8(14)5-6-10(9)13/h5-7,11-12,15H,4H2,1-3H3.